The number of aliphatic hydroxyl groups excluding tert-OH is 10. The largest absolute Gasteiger partial charge is 0.388 e. The minimum atomic E-state index is -1.36. The Hall–Kier alpha value is -5.92. The maximum absolute atomic E-state index is 14.4. The lowest BCUT2D eigenvalue weighted by Gasteiger charge is -2.20. The van der Waals surface area contributed by atoms with Crippen LogP contribution in [0.4, 0.5) is 4.39 Å². The van der Waals surface area contributed by atoms with Gasteiger partial charge >= 0.3 is 0 Å². The second-order valence-electron chi connectivity index (χ2n) is 36.6. The van der Waals surface area contributed by atoms with Gasteiger partial charge in [0.05, 0.1) is 30.5 Å². The number of H-pyrrole nitrogens is 5. The van der Waals surface area contributed by atoms with Crippen LogP contribution in [-0.2, 0) is 30.1 Å². The normalized spacial score (nSPS) is 26.9. The Morgan fingerprint density at radius 2 is 0.625 bits per heavy atom. The second kappa shape index (κ2) is 40.7. The summed E-state index contributed by atoms with van der Waals surface area (Å²) in [4.78, 5) is 115. The fourth-order valence-corrected chi connectivity index (χ4v) is 21.7. The van der Waals surface area contributed by atoms with Gasteiger partial charge in [0, 0.05) is 29.0 Å². The number of hydrogen-bond acceptors (Lipinski definition) is 30. The van der Waals surface area contributed by atoms with Crippen LogP contribution in [0.3, 0.4) is 0 Å². The molecule has 708 valence electrons. The highest BCUT2D eigenvalue weighted by molar-refractivity contribution is 14.1. The summed E-state index contributed by atoms with van der Waals surface area (Å²) in [6, 6.07) is 0. The van der Waals surface area contributed by atoms with Gasteiger partial charge in [-0.05, 0) is 198 Å². The lowest BCUT2D eigenvalue weighted by atomic mass is 10.1. The van der Waals surface area contributed by atoms with Crippen molar-refractivity contribution in [1.82, 2.24) is 97.6 Å². The van der Waals surface area contributed by atoms with Gasteiger partial charge in [-0.25, -0.2) is 44.9 Å². The van der Waals surface area contributed by atoms with Crippen molar-refractivity contribution in [3.63, 3.8) is 0 Å². The molecule has 0 aliphatic carbocycles. The van der Waals surface area contributed by atoms with Crippen LogP contribution in [0.15, 0.2) is 28.7 Å². The molecule has 5 saturated heterocycles. The third-order valence-electron chi connectivity index (χ3n) is 22.1. The lowest BCUT2D eigenvalue weighted by molar-refractivity contribution is -0.0413. The van der Waals surface area contributed by atoms with Crippen molar-refractivity contribution in [2.75, 3.05) is 97.5 Å². The molecule has 128 heavy (non-hydrogen) atoms. The van der Waals surface area contributed by atoms with E-state index in [9.17, 15) is 79.4 Å². The molecule has 5 fully saturated rings. The van der Waals surface area contributed by atoms with E-state index in [2.05, 4.69) is 196 Å². The summed E-state index contributed by atoms with van der Waals surface area (Å²) in [5.74, 6) is 2.66. The van der Waals surface area contributed by atoms with Crippen LogP contribution in [0.1, 0.15) is 118 Å². The van der Waals surface area contributed by atoms with E-state index in [1.54, 1.807) is 43.8 Å². The van der Waals surface area contributed by atoms with Crippen molar-refractivity contribution >= 4 is 172 Å². The number of halogens is 4. The van der Waals surface area contributed by atoms with Crippen LogP contribution in [-0.4, -0.2) is 369 Å². The first-order chi connectivity index (χ1) is 59.4. The SMILES string of the molecule is C=P(C)(C)CC[C@H]1OC(n2c(Br)nc3c(=O)[nH]c(C)nc32)C(O)[C@@H]1O.C=P(C)(C)CC[C@H]1OC(n2c(CCCC)nc3c(=O)[nH]c(C)nc32)C(O)[C@@H]1O.C=P(C)(C)CC[C@H]1OC(n2c(Cl)nc3c(=O)[nH]c(C)nc32)C(O)[C@@H]1O.C=P(C)(C)CC[C@H]1OC(n2c(F)nc3c(=O)[nH]c(C)nc32)C(O)[C@@H]1O.C=P(C)(C)CC[C@H]1OC(n2c(I)nc3c(=O)[nH]c(C)nc32)C(O)[C@@H]1O. The van der Waals surface area contributed by atoms with Gasteiger partial charge in [-0.2, -0.15) is 9.37 Å². The number of unbranched alkanes of at least 4 members (excludes halogenated alkanes) is 1. The predicted octanol–water partition coefficient (Wildman–Crippen LogP) is 4.23. The number of hydrogen-bond donors (Lipinski definition) is 15. The Bertz CT molecular complexity index is 5720. The zero-order valence-electron chi connectivity index (χ0n) is 74.3. The topological polar surface area (TPSA) is 566 Å². The summed E-state index contributed by atoms with van der Waals surface area (Å²) in [5.41, 5.74) is -0.347. The molecule has 40 nitrogen and oxygen atoms in total. The zero-order valence-corrected chi connectivity index (χ0v) is 83.3. The van der Waals surface area contributed by atoms with E-state index < -0.39 is 174 Å². The fourth-order valence-electron chi connectivity index (χ4n) is 15.4. The average molecular weight is 2090 g/mol. The monoisotopic (exact) mass is 2080 g/mol. The second-order valence-corrected chi connectivity index (χ2v) is 60.2. The summed E-state index contributed by atoms with van der Waals surface area (Å²) in [6.07, 6.45) is 10.8. The number of aliphatic hydroxyl groups is 10. The maximum atomic E-state index is 14.4. The summed E-state index contributed by atoms with van der Waals surface area (Å²) >= 11 is 11.4. The number of rotatable bonds is 23. The van der Waals surface area contributed by atoms with Crippen molar-refractivity contribution in [1.29, 1.82) is 0 Å². The van der Waals surface area contributed by atoms with Crippen molar-refractivity contribution in [2.45, 2.75) is 216 Å². The third kappa shape index (κ3) is 23.7. The van der Waals surface area contributed by atoms with E-state index in [0.29, 0.717) is 93.2 Å². The molecule has 0 saturated carbocycles. The maximum Gasteiger partial charge on any atom is 0.293 e. The van der Waals surface area contributed by atoms with E-state index in [-0.39, 0.29) is 66.7 Å². The molecule has 0 amide bonds. The molecule has 10 unspecified atom stereocenters. The Labute approximate surface area is 763 Å². The molecule has 0 radical (unpaired) electrons. The Morgan fingerprint density at radius 3 is 0.953 bits per heavy atom. The molecule has 10 aromatic heterocycles. The van der Waals surface area contributed by atoms with Gasteiger partial charge in [-0.1, -0.05) is 13.3 Å². The first kappa shape index (κ1) is 103. The number of aromatic amines is 5. The van der Waals surface area contributed by atoms with E-state index >= 15 is 0 Å². The molecule has 5 aliphatic rings. The van der Waals surface area contributed by atoms with E-state index in [1.807, 2.05) is 22.6 Å². The number of fused-ring (bicyclic) bond motifs is 5. The zero-order chi connectivity index (χ0) is 94.7. The van der Waals surface area contributed by atoms with E-state index in [4.69, 9.17) is 35.3 Å². The van der Waals surface area contributed by atoms with Gasteiger partial charge in [0.25, 0.3) is 33.9 Å². The van der Waals surface area contributed by atoms with Crippen LogP contribution in [0.25, 0.3) is 55.8 Å². The molecule has 10 aromatic rings. The average Bonchev–Trinajstić information content (AvgIpc) is 1.59. The van der Waals surface area contributed by atoms with Crippen LogP contribution < -0.4 is 27.8 Å². The van der Waals surface area contributed by atoms with Crippen LogP contribution in [0, 0.1) is 44.5 Å². The minimum absolute atomic E-state index is 0.0272. The first-order valence-electron chi connectivity index (χ1n) is 41.5. The molecule has 0 bridgehead atoms. The lowest BCUT2D eigenvalue weighted by Crippen LogP contribution is -2.32. The smallest absolute Gasteiger partial charge is 0.293 e. The molecule has 20 atom stereocenters. The number of imidazole rings is 5. The van der Waals surface area contributed by atoms with Gasteiger partial charge < -0.3 is 99.7 Å². The fraction of sp³-hybridized carbons (Fsp3) is 0.620. The molecule has 15 heterocycles. The van der Waals surface area contributed by atoms with Crippen LogP contribution in [0.2, 0.25) is 5.28 Å². The predicted molar refractivity (Wildman–Crippen MR) is 515 cm³/mol. The number of aromatic nitrogens is 20. The van der Waals surface area contributed by atoms with Crippen molar-refractivity contribution < 1.29 is 79.1 Å². The number of nitrogens with zero attached hydrogens (tertiary/aromatic N) is 15. The van der Waals surface area contributed by atoms with E-state index in [0.717, 1.165) is 48.2 Å². The molecular weight excluding hydrogens is 1970 g/mol. The Morgan fingerprint density at radius 1 is 0.375 bits per heavy atom. The molecule has 0 spiro atoms. The van der Waals surface area contributed by atoms with Gasteiger partial charge in [0.1, 0.15) is 96.0 Å². The molecule has 49 heteroatoms. The van der Waals surface area contributed by atoms with Crippen molar-refractivity contribution in [3.8, 4) is 0 Å². The van der Waals surface area contributed by atoms with Crippen LogP contribution >= 0.6 is 84.6 Å². The summed E-state index contributed by atoms with van der Waals surface area (Å²) in [6.45, 7) is 24.9. The van der Waals surface area contributed by atoms with Gasteiger partial charge in [0.15, 0.2) is 95.5 Å². The quantitative estimate of drug-likeness (QED) is 0.0242. The Kier molecular flexibility index (Phi) is 32.6. The number of nitrogens with one attached hydrogen (secondary N) is 5. The van der Waals surface area contributed by atoms with E-state index in [1.165, 1.54) is 9.13 Å². The minimum Gasteiger partial charge on any atom is -0.388 e. The molecule has 15 N–H and O–H groups in total. The summed E-state index contributed by atoms with van der Waals surface area (Å²) in [5, 5.41) is 104. The molecule has 0 aromatic carbocycles. The summed E-state index contributed by atoms with van der Waals surface area (Å²) < 4.78 is 51.8. The number of ether oxygens (including phenoxy) is 5. The van der Waals surface area contributed by atoms with Crippen molar-refractivity contribution in [2.24, 2.45) is 0 Å². The van der Waals surface area contributed by atoms with Gasteiger partial charge in [0.2, 0.25) is 5.28 Å². The highest BCUT2D eigenvalue weighted by Crippen LogP contribution is 2.47. The highest BCUT2D eigenvalue weighted by Gasteiger charge is 2.51. The summed E-state index contributed by atoms with van der Waals surface area (Å²) in [7, 11) is 0. The third-order valence-corrected chi connectivity index (χ3v) is 31.0. The number of aryl methyl sites for hydroxylation is 6. The van der Waals surface area contributed by atoms with Crippen molar-refractivity contribution in [3.05, 3.63) is 107 Å². The standard InChI is InChI=1S/C19H31N4O4P.C15H22BrN4O4P.C15H22ClN4O4P.C15H22FN4O4P.C15H22IN4O4P/c1-6-7-8-13-22-14-17(20-11(2)21-18(14)26)23(13)19-16(25)15(24)12(27-19)9-10-28(3,4)5;4*1-7-17-12-9(13(23)18-7)19-15(16)20(12)14-11(22)10(21)8(24-14)5-6-25(2,3)4/h12,15-16,19,24-25H,3,6-10H2,1-2,4-5H3,(H,20,21,26);4*8,10-11,14,21-22H,2,5-6H2,1,3-4H3,(H,17,18,23)/t12-,15-,16?,19?;4*8-,10-,11?,14?/m11111/s1. The Balaban J connectivity index is 0.000000155. The van der Waals surface area contributed by atoms with Crippen LogP contribution in [0.5, 0.6) is 0 Å². The molecule has 15 rings (SSSR count). The van der Waals surface area contributed by atoms with Gasteiger partial charge in [-0.3, -0.25) is 46.8 Å². The first-order valence-corrected chi connectivity index (χ1v) is 59.0. The molecule has 5 aliphatic heterocycles. The molecular formula is C79H119BrClFIN20O20P5. The van der Waals surface area contributed by atoms with Gasteiger partial charge in [-0.15, -0.1) is 65.9 Å². The highest BCUT2D eigenvalue weighted by atomic mass is 127.